The smallest absolute Gasteiger partial charge is 0.235 e. The predicted molar refractivity (Wildman–Crippen MR) is 109 cm³/mol. The molecule has 1 aliphatic carbocycles. The Balaban J connectivity index is 1.80. The minimum absolute atomic E-state index is 0.159. The van der Waals surface area contributed by atoms with E-state index in [9.17, 15) is 10.1 Å². The number of amides is 1. The van der Waals surface area contributed by atoms with Crippen molar-refractivity contribution in [2.24, 2.45) is 0 Å². The number of aromatic nitrogens is 2. The van der Waals surface area contributed by atoms with Crippen molar-refractivity contribution in [3.8, 4) is 6.07 Å². The zero-order valence-electron chi connectivity index (χ0n) is 15.6. The largest absolute Gasteiger partial charge is 0.327 e. The Bertz CT molecular complexity index is 881. The molecule has 2 heterocycles. The van der Waals surface area contributed by atoms with Crippen LogP contribution in [-0.2, 0) is 4.79 Å². The summed E-state index contributed by atoms with van der Waals surface area (Å²) in [6, 6.07) is 6.13. The van der Waals surface area contributed by atoms with E-state index in [1.54, 1.807) is 18.3 Å². The predicted octanol–water partition coefficient (Wildman–Crippen LogP) is 5.26. The summed E-state index contributed by atoms with van der Waals surface area (Å²) in [4.78, 5) is 16.8. The van der Waals surface area contributed by atoms with E-state index in [1.165, 1.54) is 31.0 Å². The third-order valence-electron chi connectivity index (χ3n) is 5.13. The van der Waals surface area contributed by atoms with Gasteiger partial charge in [-0.2, -0.15) is 5.26 Å². The number of nitriles is 1. The van der Waals surface area contributed by atoms with Crippen LogP contribution in [0.5, 0.6) is 0 Å². The van der Waals surface area contributed by atoms with E-state index < -0.39 is 0 Å². The van der Waals surface area contributed by atoms with Crippen LogP contribution in [-0.4, -0.2) is 21.2 Å². The van der Waals surface area contributed by atoms with E-state index in [-0.39, 0.29) is 11.7 Å². The summed E-state index contributed by atoms with van der Waals surface area (Å²) in [7, 11) is 0. The fraction of sp³-hybridized carbons (Fsp3) is 0.450. The molecule has 1 N–H and O–H groups in total. The zero-order chi connectivity index (χ0) is 19.4. The molecule has 0 aromatic carbocycles. The molecule has 0 radical (unpaired) electrons. The SMILES string of the molecule is Cc1c(C#N)c(NC(=O)CSc2ncccc2Cl)n(C2CCCCC2)c1C. The Morgan fingerprint density at radius 2 is 2.15 bits per heavy atom. The third kappa shape index (κ3) is 4.31. The molecule has 0 aliphatic heterocycles. The molecule has 2 aromatic rings. The molecule has 0 atom stereocenters. The number of rotatable bonds is 5. The van der Waals surface area contributed by atoms with Crippen molar-refractivity contribution in [2.45, 2.75) is 57.0 Å². The number of halogens is 1. The monoisotopic (exact) mass is 402 g/mol. The Morgan fingerprint density at radius 1 is 1.41 bits per heavy atom. The highest BCUT2D eigenvalue weighted by molar-refractivity contribution is 8.00. The van der Waals surface area contributed by atoms with Crippen molar-refractivity contribution in [3.63, 3.8) is 0 Å². The number of anilines is 1. The molecule has 1 amide bonds. The van der Waals surface area contributed by atoms with E-state index in [4.69, 9.17) is 11.6 Å². The van der Waals surface area contributed by atoms with E-state index in [0.29, 0.717) is 27.5 Å². The van der Waals surface area contributed by atoms with Gasteiger partial charge >= 0.3 is 0 Å². The van der Waals surface area contributed by atoms with Gasteiger partial charge in [-0.3, -0.25) is 4.79 Å². The number of thioether (sulfide) groups is 1. The van der Waals surface area contributed by atoms with Gasteiger partial charge in [-0.05, 0) is 44.4 Å². The lowest BCUT2D eigenvalue weighted by Crippen LogP contribution is -2.21. The maximum atomic E-state index is 12.6. The maximum Gasteiger partial charge on any atom is 0.235 e. The van der Waals surface area contributed by atoms with Crippen LogP contribution in [0.1, 0.15) is 55.0 Å². The Hall–Kier alpha value is -1.97. The van der Waals surface area contributed by atoms with Crippen LogP contribution in [0.15, 0.2) is 23.4 Å². The number of hydrogen-bond donors (Lipinski definition) is 1. The molecule has 1 saturated carbocycles. The first-order valence-electron chi connectivity index (χ1n) is 9.17. The number of pyridine rings is 1. The van der Waals surface area contributed by atoms with Crippen molar-refractivity contribution in [3.05, 3.63) is 40.2 Å². The second kappa shape index (κ2) is 8.81. The molecule has 0 bridgehead atoms. The van der Waals surface area contributed by atoms with Crippen molar-refractivity contribution >= 4 is 35.1 Å². The van der Waals surface area contributed by atoms with E-state index in [1.807, 2.05) is 13.8 Å². The van der Waals surface area contributed by atoms with Crippen LogP contribution in [0, 0.1) is 25.2 Å². The molecule has 3 rings (SSSR count). The highest BCUT2D eigenvalue weighted by Crippen LogP contribution is 2.37. The molecule has 2 aromatic heterocycles. The highest BCUT2D eigenvalue weighted by atomic mass is 35.5. The molecule has 0 saturated heterocycles. The van der Waals surface area contributed by atoms with Crippen LogP contribution in [0.4, 0.5) is 5.82 Å². The highest BCUT2D eigenvalue weighted by Gasteiger charge is 2.25. The maximum absolute atomic E-state index is 12.6. The number of carbonyl (C=O) groups is 1. The van der Waals surface area contributed by atoms with Crippen LogP contribution < -0.4 is 5.32 Å². The summed E-state index contributed by atoms with van der Waals surface area (Å²) in [6.45, 7) is 3.98. The molecular formula is C20H23ClN4OS. The summed E-state index contributed by atoms with van der Waals surface area (Å²) in [5.74, 6) is 0.667. The Labute approximate surface area is 169 Å². The van der Waals surface area contributed by atoms with Crippen molar-refractivity contribution < 1.29 is 4.79 Å². The number of hydrogen-bond acceptors (Lipinski definition) is 4. The molecule has 0 spiro atoms. The van der Waals surface area contributed by atoms with E-state index in [0.717, 1.165) is 24.1 Å². The quantitative estimate of drug-likeness (QED) is 0.692. The van der Waals surface area contributed by atoms with Crippen molar-refractivity contribution in [1.29, 1.82) is 5.26 Å². The standard InChI is InChI=1S/C20H23ClN4OS/c1-13-14(2)25(15-7-4-3-5-8-15)19(16(13)11-22)24-18(26)12-27-20-17(21)9-6-10-23-20/h6,9-10,15H,3-5,7-8,12H2,1-2H3,(H,24,26). The summed E-state index contributed by atoms with van der Waals surface area (Å²) in [6.07, 6.45) is 7.45. The van der Waals surface area contributed by atoms with Crippen LogP contribution in [0.25, 0.3) is 0 Å². The van der Waals surface area contributed by atoms with Gasteiger partial charge in [0.1, 0.15) is 16.9 Å². The summed E-state index contributed by atoms with van der Waals surface area (Å²) in [5, 5.41) is 13.8. The number of nitrogens with one attached hydrogen (secondary N) is 1. The fourth-order valence-corrected chi connectivity index (χ4v) is 4.63. The van der Waals surface area contributed by atoms with E-state index in [2.05, 4.69) is 20.9 Å². The first kappa shape index (κ1) is 19.8. The van der Waals surface area contributed by atoms with Gasteiger partial charge in [0.25, 0.3) is 0 Å². The van der Waals surface area contributed by atoms with Gasteiger partial charge in [0.2, 0.25) is 5.91 Å². The van der Waals surface area contributed by atoms with Gasteiger partial charge < -0.3 is 9.88 Å². The molecule has 27 heavy (non-hydrogen) atoms. The number of nitrogens with zero attached hydrogens (tertiary/aromatic N) is 3. The first-order chi connectivity index (χ1) is 13.0. The first-order valence-corrected chi connectivity index (χ1v) is 10.5. The number of carbonyl (C=O) groups excluding carboxylic acids is 1. The molecule has 142 valence electrons. The average Bonchev–Trinajstić information content (AvgIpc) is 2.91. The fourth-order valence-electron chi connectivity index (χ4n) is 3.66. The molecule has 7 heteroatoms. The molecule has 1 fully saturated rings. The van der Waals surface area contributed by atoms with E-state index >= 15 is 0 Å². The van der Waals surface area contributed by atoms with Gasteiger partial charge in [0.15, 0.2) is 0 Å². The van der Waals surface area contributed by atoms with Gasteiger partial charge in [0, 0.05) is 17.9 Å². The summed E-state index contributed by atoms with van der Waals surface area (Å²) >= 11 is 7.40. The van der Waals surface area contributed by atoms with Gasteiger partial charge in [-0.1, -0.05) is 42.6 Å². The van der Waals surface area contributed by atoms with Gasteiger partial charge in [0.05, 0.1) is 16.3 Å². The minimum atomic E-state index is -0.159. The van der Waals surface area contributed by atoms with Crippen LogP contribution >= 0.6 is 23.4 Å². The lowest BCUT2D eigenvalue weighted by Gasteiger charge is -2.27. The average molecular weight is 403 g/mol. The molecule has 0 unspecified atom stereocenters. The summed E-state index contributed by atoms with van der Waals surface area (Å²) < 4.78 is 2.17. The normalized spacial score (nSPS) is 14.7. The topological polar surface area (TPSA) is 70.7 Å². The Morgan fingerprint density at radius 3 is 2.81 bits per heavy atom. The molecule has 1 aliphatic rings. The van der Waals surface area contributed by atoms with Crippen LogP contribution in [0.2, 0.25) is 5.02 Å². The second-order valence-electron chi connectivity index (χ2n) is 6.83. The van der Waals surface area contributed by atoms with Crippen LogP contribution in [0.3, 0.4) is 0 Å². The lowest BCUT2D eigenvalue weighted by atomic mass is 9.95. The minimum Gasteiger partial charge on any atom is -0.327 e. The lowest BCUT2D eigenvalue weighted by molar-refractivity contribution is -0.113. The van der Waals surface area contributed by atoms with Crippen molar-refractivity contribution in [2.75, 3.05) is 11.1 Å². The molecule has 5 nitrogen and oxygen atoms in total. The van der Waals surface area contributed by atoms with Gasteiger partial charge in [-0.15, -0.1) is 0 Å². The molecular weight excluding hydrogens is 380 g/mol. The van der Waals surface area contributed by atoms with Crippen molar-refractivity contribution in [1.82, 2.24) is 9.55 Å². The third-order valence-corrected chi connectivity index (χ3v) is 6.55. The summed E-state index contributed by atoms with van der Waals surface area (Å²) in [5.41, 5.74) is 2.57. The van der Waals surface area contributed by atoms with Gasteiger partial charge in [-0.25, -0.2) is 4.98 Å². The Kier molecular flexibility index (Phi) is 6.46. The second-order valence-corrected chi connectivity index (χ2v) is 8.21. The zero-order valence-corrected chi connectivity index (χ0v) is 17.2.